The van der Waals surface area contributed by atoms with Crippen molar-refractivity contribution in [3.8, 4) is 11.1 Å². The predicted molar refractivity (Wildman–Crippen MR) is 117 cm³/mol. The Bertz CT molecular complexity index is 1250. The second-order valence-corrected chi connectivity index (χ2v) is 7.72. The second-order valence-electron chi connectivity index (χ2n) is 7.72. The molecule has 3 heterocycles. The summed E-state index contributed by atoms with van der Waals surface area (Å²) in [6.07, 6.45) is 1.78. The summed E-state index contributed by atoms with van der Waals surface area (Å²) in [5.74, 6) is -0.107. The Morgan fingerprint density at radius 2 is 1.87 bits per heavy atom. The molecule has 0 saturated heterocycles. The first-order chi connectivity index (χ1) is 14.3. The molecule has 1 N–H and O–H groups in total. The Kier molecular flexibility index (Phi) is 5.11. The van der Waals surface area contributed by atoms with Gasteiger partial charge in [0.15, 0.2) is 5.65 Å². The van der Waals surface area contributed by atoms with Crippen LogP contribution in [0.3, 0.4) is 0 Å². The topological polar surface area (TPSA) is 77.6 Å². The monoisotopic (exact) mass is 402 g/mol. The number of aryl methyl sites for hydroxylation is 4. The van der Waals surface area contributed by atoms with E-state index in [1.54, 1.807) is 10.9 Å². The zero-order valence-electron chi connectivity index (χ0n) is 18.0. The lowest BCUT2D eigenvalue weighted by Gasteiger charge is -2.08. The highest BCUT2D eigenvalue weighted by Gasteiger charge is 2.17. The molecule has 30 heavy (non-hydrogen) atoms. The minimum Gasteiger partial charge on any atom is -0.350 e. The summed E-state index contributed by atoms with van der Waals surface area (Å²) in [6, 6.07) is 10.4. The molecule has 4 rings (SSSR count). The number of nitrogens with one attached hydrogen (secondary N) is 1. The van der Waals surface area contributed by atoms with Gasteiger partial charge in [0.2, 0.25) is 5.91 Å². The Hall–Kier alpha value is -3.48. The summed E-state index contributed by atoms with van der Waals surface area (Å²) in [5.41, 5.74) is 8.01. The molecule has 0 aliphatic carbocycles. The fraction of sp³-hybridized carbons (Fsp3) is 0.304. The molecule has 4 aromatic rings. The number of rotatable bonds is 5. The van der Waals surface area contributed by atoms with Crippen LogP contribution in [-0.2, 0) is 24.9 Å². The smallest absolute Gasteiger partial charge is 0.242 e. The van der Waals surface area contributed by atoms with Crippen LogP contribution in [0.1, 0.15) is 28.2 Å². The molecule has 0 spiro atoms. The molecule has 7 nitrogen and oxygen atoms in total. The SMILES string of the molecule is Cc1cccc(-c2ccnc3c2c(C)nn3CC(=O)NCc2c(C)nn(C)c2C)c1. The molecule has 0 fully saturated rings. The summed E-state index contributed by atoms with van der Waals surface area (Å²) in [4.78, 5) is 17.2. The molecule has 0 bridgehead atoms. The highest BCUT2D eigenvalue weighted by Crippen LogP contribution is 2.30. The van der Waals surface area contributed by atoms with E-state index < -0.39 is 0 Å². The van der Waals surface area contributed by atoms with E-state index in [-0.39, 0.29) is 12.5 Å². The van der Waals surface area contributed by atoms with E-state index in [1.807, 2.05) is 44.6 Å². The van der Waals surface area contributed by atoms with Crippen molar-refractivity contribution in [3.63, 3.8) is 0 Å². The van der Waals surface area contributed by atoms with E-state index in [1.165, 1.54) is 5.56 Å². The molecule has 1 aromatic carbocycles. The number of carbonyl (C=O) groups excluding carboxylic acids is 1. The molecule has 3 aromatic heterocycles. The van der Waals surface area contributed by atoms with Crippen LogP contribution in [-0.4, -0.2) is 30.5 Å². The maximum absolute atomic E-state index is 12.6. The van der Waals surface area contributed by atoms with Crippen molar-refractivity contribution in [3.05, 3.63) is 64.7 Å². The minimum absolute atomic E-state index is 0.107. The molecule has 7 heteroatoms. The van der Waals surface area contributed by atoms with Crippen molar-refractivity contribution in [1.29, 1.82) is 0 Å². The standard InChI is InChI=1S/C23H26N6O/c1-14-7-6-8-18(11-14)19-9-10-24-23-22(19)16(3)27-29(23)13-21(30)25-12-20-15(2)26-28(5)17(20)4/h6-11H,12-13H2,1-5H3,(H,25,30). The van der Waals surface area contributed by atoms with Gasteiger partial charge in [0, 0.05) is 36.4 Å². The van der Waals surface area contributed by atoms with Crippen molar-refractivity contribution in [1.82, 2.24) is 29.9 Å². The molecular formula is C23H26N6O. The van der Waals surface area contributed by atoms with Crippen LogP contribution >= 0.6 is 0 Å². The lowest BCUT2D eigenvalue weighted by Crippen LogP contribution is -2.28. The third kappa shape index (κ3) is 3.58. The number of fused-ring (bicyclic) bond motifs is 1. The maximum atomic E-state index is 12.6. The summed E-state index contributed by atoms with van der Waals surface area (Å²) in [7, 11) is 1.91. The lowest BCUT2D eigenvalue weighted by molar-refractivity contribution is -0.121. The van der Waals surface area contributed by atoms with Crippen molar-refractivity contribution in [2.24, 2.45) is 7.05 Å². The third-order valence-corrected chi connectivity index (χ3v) is 5.55. The normalized spacial score (nSPS) is 11.2. The molecule has 1 amide bonds. The van der Waals surface area contributed by atoms with Gasteiger partial charge >= 0.3 is 0 Å². The van der Waals surface area contributed by atoms with Gasteiger partial charge in [-0.1, -0.05) is 29.8 Å². The van der Waals surface area contributed by atoms with Crippen LogP contribution in [0.2, 0.25) is 0 Å². The summed E-state index contributed by atoms with van der Waals surface area (Å²) in [6.45, 7) is 8.56. The van der Waals surface area contributed by atoms with Gasteiger partial charge in [-0.05, 0) is 44.9 Å². The largest absolute Gasteiger partial charge is 0.350 e. The van der Waals surface area contributed by atoms with Gasteiger partial charge in [-0.3, -0.25) is 9.48 Å². The van der Waals surface area contributed by atoms with E-state index in [0.29, 0.717) is 6.54 Å². The zero-order valence-corrected chi connectivity index (χ0v) is 18.0. The summed E-state index contributed by atoms with van der Waals surface area (Å²) < 4.78 is 3.51. The predicted octanol–water partition coefficient (Wildman–Crippen LogP) is 3.38. The van der Waals surface area contributed by atoms with Crippen molar-refractivity contribution in [2.75, 3.05) is 0 Å². The van der Waals surface area contributed by atoms with E-state index in [2.05, 4.69) is 45.6 Å². The summed E-state index contributed by atoms with van der Waals surface area (Å²) >= 11 is 0. The van der Waals surface area contributed by atoms with Crippen LogP contribution in [0.15, 0.2) is 36.5 Å². The Morgan fingerprint density at radius 3 is 2.57 bits per heavy atom. The van der Waals surface area contributed by atoms with Crippen LogP contribution in [0.5, 0.6) is 0 Å². The molecule has 0 atom stereocenters. The maximum Gasteiger partial charge on any atom is 0.242 e. The van der Waals surface area contributed by atoms with E-state index in [0.717, 1.165) is 44.8 Å². The Morgan fingerprint density at radius 1 is 1.07 bits per heavy atom. The Labute approximate surface area is 175 Å². The number of benzene rings is 1. The van der Waals surface area contributed by atoms with Crippen molar-refractivity contribution < 1.29 is 4.79 Å². The number of pyridine rings is 1. The fourth-order valence-corrected chi connectivity index (χ4v) is 3.90. The first-order valence-electron chi connectivity index (χ1n) is 10.00. The molecule has 0 aliphatic heterocycles. The fourth-order valence-electron chi connectivity index (χ4n) is 3.90. The van der Waals surface area contributed by atoms with E-state index in [4.69, 9.17) is 0 Å². The van der Waals surface area contributed by atoms with Gasteiger partial charge in [-0.25, -0.2) is 9.67 Å². The lowest BCUT2D eigenvalue weighted by atomic mass is 10.0. The van der Waals surface area contributed by atoms with Crippen molar-refractivity contribution in [2.45, 2.75) is 40.8 Å². The molecule has 0 aliphatic rings. The van der Waals surface area contributed by atoms with Crippen molar-refractivity contribution >= 4 is 16.9 Å². The van der Waals surface area contributed by atoms with E-state index >= 15 is 0 Å². The van der Waals surface area contributed by atoms with Crippen LogP contribution in [0.25, 0.3) is 22.2 Å². The average molecular weight is 403 g/mol. The number of hydrogen-bond donors (Lipinski definition) is 1. The number of hydrogen-bond acceptors (Lipinski definition) is 4. The number of aromatic nitrogens is 5. The van der Waals surface area contributed by atoms with E-state index in [9.17, 15) is 4.79 Å². The van der Waals surface area contributed by atoms with Gasteiger partial charge in [0.1, 0.15) is 6.54 Å². The highest BCUT2D eigenvalue weighted by atomic mass is 16.2. The minimum atomic E-state index is -0.107. The van der Waals surface area contributed by atoms with Gasteiger partial charge < -0.3 is 5.32 Å². The molecule has 0 radical (unpaired) electrons. The molecule has 0 saturated carbocycles. The average Bonchev–Trinajstić information content (AvgIpc) is 3.15. The second kappa shape index (κ2) is 7.74. The molecule has 154 valence electrons. The van der Waals surface area contributed by atoms with Crippen LogP contribution < -0.4 is 5.32 Å². The molecular weight excluding hydrogens is 376 g/mol. The van der Waals surface area contributed by atoms with Gasteiger partial charge in [-0.15, -0.1) is 0 Å². The summed E-state index contributed by atoms with van der Waals surface area (Å²) in [5, 5.41) is 13.0. The van der Waals surface area contributed by atoms with Crippen LogP contribution in [0.4, 0.5) is 0 Å². The highest BCUT2D eigenvalue weighted by molar-refractivity contribution is 5.95. The van der Waals surface area contributed by atoms with Gasteiger partial charge in [0.25, 0.3) is 0 Å². The number of nitrogens with zero attached hydrogens (tertiary/aromatic N) is 5. The molecule has 0 unspecified atom stereocenters. The Balaban J connectivity index is 1.59. The zero-order chi connectivity index (χ0) is 21.4. The van der Waals surface area contributed by atoms with Crippen LogP contribution in [0, 0.1) is 27.7 Å². The number of amides is 1. The first-order valence-corrected chi connectivity index (χ1v) is 10.00. The van der Waals surface area contributed by atoms with Gasteiger partial charge in [-0.2, -0.15) is 10.2 Å². The first kappa shape index (κ1) is 19.8. The quantitative estimate of drug-likeness (QED) is 0.555. The number of carbonyl (C=O) groups is 1. The third-order valence-electron chi connectivity index (χ3n) is 5.55. The van der Waals surface area contributed by atoms with Gasteiger partial charge in [0.05, 0.1) is 11.4 Å².